The number of aryl methyl sites for hydroxylation is 2. The Morgan fingerprint density at radius 1 is 1.35 bits per heavy atom. The molecule has 1 unspecified atom stereocenters. The summed E-state index contributed by atoms with van der Waals surface area (Å²) in [6, 6.07) is 9.50. The van der Waals surface area contributed by atoms with Crippen molar-refractivity contribution in [2.45, 2.75) is 13.0 Å². The molecule has 1 atom stereocenters. The van der Waals surface area contributed by atoms with Gasteiger partial charge in [0.1, 0.15) is 17.4 Å². The summed E-state index contributed by atoms with van der Waals surface area (Å²) < 4.78 is 12.6. The molecule has 3 rings (SSSR count). The van der Waals surface area contributed by atoms with Crippen LogP contribution >= 0.6 is 0 Å². The Kier molecular flexibility index (Phi) is 2.99. The van der Waals surface area contributed by atoms with Crippen LogP contribution in [0.15, 0.2) is 34.7 Å². The van der Waals surface area contributed by atoms with Crippen LogP contribution in [0.4, 0.5) is 0 Å². The summed E-state index contributed by atoms with van der Waals surface area (Å²) in [6.07, 6.45) is -0.897. The largest absolute Gasteiger partial charge is 0.481 e. The molecule has 20 heavy (non-hydrogen) atoms. The van der Waals surface area contributed by atoms with Crippen molar-refractivity contribution < 1.29 is 14.3 Å². The number of ether oxygens (including phenoxy) is 1. The van der Waals surface area contributed by atoms with E-state index in [0.29, 0.717) is 17.2 Å². The van der Waals surface area contributed by atoms with E-state index < -0.39 is 6.10 Å². The highest BCUT2D eigenvalue weighted by atomic mass is 16.5. The van der Waals surface area contributed by atoms with E-state index in [1.165, 1.54) is 0 Å². The summed E-state index contributed by atoms with van der Waals surface area (Å²) in [5.41, 5.74) is 2.11. The third kappa shape index (κ3) is 1.87. The number of aliphatic hydroxyl groups is 1. The van der Waals surface area contributed by atoms with E-state index in [1.54, 1.807) is 18.8 Å². The zero-order chi connectivity index (χ0) is 14.3. The van der Waals surface area contributed by atoms with E-state index in [-0.39, 0.29) is 0 Å². The van der Waals surface area contributed by atoms with Crippen molar-refractivity contribution in [3.05, 3.63) is 47.3 Å². The van der Waals surface area contributed by atoms with E-state index in [1.807, 2.05) is 37.3 Å². The van der Waals surface area contributed by atoms with Crippen molar-refractivity contribution in [2.24, 2.45) is 7.05 Å². The van der Waals surface area contributed by atoms with Crippen molar-refractivity contribution in [1.82, 2.24) is 9.78 Å². The molecule has 0 saturated carbocycles. The van der Waals surface area contributed by atoms with Gasteiger partial charge in [0, 0.05) is 12.4 Å². The molecule has 3 aromatic rings. The minimum atomic E-state index is -0.897. The molecule has 1 aromatic carbocycles. The molecule has 0 saturated heterocycles. The van der Waals surface area contributed by atoms with Crippen molar-refractivity contribution in [1.29, 1.82) is 0 Å². The van der Waals surface area contributed by atoms with E-state index in [2.05, 4.69) is 5.10 Å². The average molecular weight is 272 g/mol. The SMILES string of the molecule is COc1c(C(O)c2cc3ccccc3o2)c(C)nn1C. The fourth-order valence-corrected chi connectivity index (χ4v) is 2.49. The number of furan rings is 1. The molecule has 5 heteroatoms. The molecule has 2 heterocycles. The van der Waals surface area contributed by atoms with Gasteiger partial charge in [0.15, 0.2) is 0 Å². The van der Waals surface area contributed by atoms with E-state index in [0.717, 1.165) is 16.7 Å². The number of rotatable bonds is 3. The van der Waals surface area contributed by atoms with Crippen molar-refractivity contribution in [2.75, 3.05) is 7.11 Å². The summed E-state index contributed by atoms with van der Waals surface area (Å²) >= 11 is 0. The van der Waals surface area contributed by atoms with Crippen LogP contribution in [0.3, 0.4) is 0 Å². The molecule has 0 aliphatic rings. The number of fused-ring (bicyclic) bond motifs is 1. The lowest BCUT2D eigenvalue weighted by Gasteiger charge is -2.09. The second kappa shape index (κ2) is 4.68. The molecule has 0 spiro atoms. The molecule has 2 aromatic heterocycles. The molecule has 0 radical (unpaired) electrons. The minimum absolute atomic E-state index is 0.487. The zero-order valence-electron chi connectivity index (χ0n) is 11.6. The highest BCUT2D eigenvalue weighted by Crippen LogP contribution is 2.34. The summed E-state index contributed by atoms with van der Waals surface area (Å²) in [7, 11) is 3.34. The third-order valence-corrected chi connectivity index (χ3v) is 3.39. The van der Waals surface area contributed by atoms with Crippen molar-refractivity contribution in [3.63, 3.8) is 0 Å². The van der Waals surface area contributed by atoms with Crippen molar-refractivity contribution >= 4 is 11.0 Å². The van der Waals surface area contributed by atoms with Gasteiger partial charge in [0.2, 0.25) is 5.88 Å². The zero-order valence-corrected chi connectivity index (χ0v) is 11.6. The smallest absolute Gasteiger partial charge is 0.217 e. The quantitative estimate of drug-likeness (QED) is 0.796. The maximum absolute atomic E-state index is 10.6. The van der Waals surface area contributed by atoms with Gasteiger partial charge in [-0.1, -0.05) is 18.2 Å². The summed E-state index contributed by atoms with van der Waals surface area (Å²) in [5, 5.41) is 15.8. The lowest BCUT2D eigenvalue weighted by Crippen LogP contribution is -2.02. The molecule has 104 valence electrons. The first-order chi connectivity index (χ1) is 9.61. The average Bonchev–Trinajstić information content (AvgIpc) is 2.98. The lowest BCUT2D eigenvalue weighted by atomic mass is 10.1. The van der Waals surface area contributed by atoms with Crippen LogP contribution in [-0.4, -0.2) is 22.0 Å². The first kappa shape index (κ1) is 12.7. The molecule has 0 aliphatic carbocycles. The topological polar surface area (TPSA) is 60.4 Å². The third-order valence-electron chi connectivity index (χ3n) is 3.39. The van der Waals surface area contributed by atoms with Crippen LogP contribution in [0.2, 0.25) is 0 Å². The lowest BCUT2D eigenvalue weighted by molar-refractivity contribution is 0.186. The van der Waals surface area contributed by atoms with Crippen LogP contribution in [0.25, 0.3) is 11.0 Å². The molecule has 0 bridgehead atoms. The minimum Gasteiger partial charge on any atom is -0.481 e. The fraction of sp³-hybridized carbons (Fsp3) is 0.267. The fourth-order valence-electron chi connectivity index (χ4n) is 2.49. The van der Waals surface area contributed by atoms with Gasteiger partial charge in [-0.25, -0.2) is 4.68 Å². The predicted molar refractivity (Wildman–Crippen MR) is 74.8 cm³/mol. The molecular weight excluding hydrogens is 256 g/mol. The maximum atomic E-state index is 10.6. The summed E-state index contributed by atoms with van der Waals surface area (Å²) in [6.45, 7) is 1.84. The molecule has 0 fully saturated rings. The monoisotopic (exact) mass is 272 g/mol. The Morgan fingerprint density at radius 3 is 2.80 bits per heavy atom. The standard InChI is InChI=1S/C15H16N2O3/c1-9-13(15(19-3)17(2)16-9)14(18)12-8-10-6-4-5-7-11(10)20-12/h4-8,14,18H,1-3H3. The summed E-state index contributed by atoms with van der Waals surface area (Å²) in [5.74, 6) is 1.02. The normalized spacial score (nSPS) is 12.8. The first-order valence-corrected chi connectivity index (χ1v) is 6.36. The molecule has 1 N–H and O–H groups in total. The number of benzene rings is 1. The highest BCUT2D eigenvalue weighted by molar-refractivity contribution is 5.77. The number of hydrogen-bond acceptors (Lipinski definition) is 4. The van der Waals surface area contributed by atoms with Crippen LogP contribution < -0.4 is 4.74 Å². The van der Waals surface area contributed by atoms with Crippen LogP contribution in [0.1, 0.15) is 23.1 Å². The van der Waals surface area contributed by atoms with Crippen LogP contribution in [0, 0.1) is 6.92 Å². The van der Waals surface area contributed by atoms with E-state index in [4.69, 9.17) is 9.15 Å². The Labute approximate surface area is 116 Å². The van der Waals surface area contributed by atoms with Gasteiger partial charge in [-0.05, 0) is 19.1 Å². The molecule has 0 aliphatic heterocycles. The number of nitrogens with zero attached hydrogens (tertiary/aromatic N) is 2. The number of para-hydroxylation sites is 1. The molecular formula is C15H16N2O3. The second-order valence-electron chi connectivity index (χ2n) is 4.72. The molecule has 0 amide bonds. The van der Waals surface area contributed by atoms with Gasteiger partial charge in [-0.15, -0.1) is 0 Å². The Hall–Kier alpha value is -2.27. The van der Waals surface area contributed by atoms with Crippen LogP contribution in [-0.2, 0) is 7.05 Å². The Balaban J connectivity index is 2.10. The second-order valence-corrected chi connectivity index (χ2v) is 4.72. The van der Waals surface area contributed by atoms with Gasteiger partial charge in [-0.3, -0.25) is 0 Å². The number of hydrogen-bond donors (Lipinski definition) is 1. The van der Waals surface area contributed by atoms with Gasteiger partial charge in [0.25, 0.3) is 0 Å². The summed E-state index contributed by atoms with van der Waals surface area (Å²) in [4.78, 5) is 0. The Bertz CT molecular complexity index is 725. The van der Waals surface area contributed by atoms with E-state index in [9.17, 15) is 5.11 Å². The highest BCUT2D eigenvalue weighted by Gasteiger charge is 2.25. The number of methoxy groups -OCH3 is 1. The number of aromatic nitrogens is 2. The first-order valence-electron chi connectivity index (χ1n) is 6.36. The van der Waals surface area contributed by atoms with Gasteiger partial charge in [-0.2, -0.15) is 5.10 Å². The number of aliphatic hydroxyl groups excluding tert-OH is 1. The maximum Gasteiger partial charge on any atom is 0.217 e. The van der Waals surface area contributed by atoms with E-state index >= 15 is 0 Å². The molecule has 5 nitrogen and oxygen atoms in total. The van der Waals surface area contributed by atoms with Crippen molar-refractivity contribution in [3.8, 4) is 5.88 Å². The van der Waals surface area contributed by atoms with Gasteiger partial charge >= 0.3 is 0 Å². The Morgan fingerprint density at radius 2 is 2.10 bits per heavy atom. The van der Waals surface area contributed by atoms with Crippen LogP contribution in [0.5, 0.6) is 5.88 Å². The predicted octanol–water partition coefficient (Wildman–Crippen LogP) is 2.57. The van der Waals surface area contributed by atoms with Gasteiger partial charge in [0.05, 0.1) is 18.4 Å². The van der Waals surface area contributed by atoms with Gasteiger partial charge < -0.3 is 14.3 Å².